The van der Waals surface area contributed by atoms with Crippen molar-refractivity contribution in [1.29, 1.82) is 0 Å². The first-order valence-electron chi connectivity index (χ1n) is 21.1. The maximum atomic E-state index is 12.9. The van der Waals surface area contributed by atoms with Gasteiger partial charge in [0, 0.05) is 25.7 Å². The van der Waals surface area contributed by atoms with Gasteiger partial charge in [0.2, 0.25) is 0 Å². The lowest BCUT2D eigenvalue weighted by atomic mass is 9.47. The number of allylic oxidation sites excluding steroid dienone is 1. The number of unbranched alkanes of at least 4 members (excludes halogenated alkanes) is 7. The van der Waals surface area contributed by atoms with E-state index in [4.69, 9.17) is 9.15 Å². The fraction of sp³-hybridized carbons (Fsp3) is 0.844. The Morgan fingerprint density at radius 3 is 2.27 bits per heavy atom. The van der Waals surface area contributed by atoms with Gasteiger partial charge in [-0.1, -0.05) is 111 Å². The number of hydrogen-bond donors (Lipinski definition) is 0. The SMILES string of the molecule is CCCCCCc1ccc(CCCCCCCC(=O)OC2CCC3(C)C(=CCC4C3CCC3(C)C(C(C)CCCC(C)C)CCC43)C2)o1. The van der Waals surface area contributed by atoms with E-state index >= 15 is 0 Å². The summed E-state index contributed by atoms with van der Waals surface area (Å²) in [5.74, 6) is 7.55. The first kappa shape index (κ1) is 37.7. The van der Waals surface area contributed by atoms with Crippen LogP contribution in [-0.4, -0.2) is 12.1 Å². The van der Waals surface area contributed by atoms with Crippen molar-refractivity contribution in [1.82, 2.24) is 0 Å². The highest BCUT2D eigenvalue weighted by molar-refractivity contribution is 5.69. The van der Waals surface area contributed by atoms with Gasteiger partial charge >= 0.3 is 5.97 Å². The van der Waals surface area contributed by atoms with Crippen LogP contribution in [0, 0.1) is 46.3 Å². The molecule has 0 spiro atoms. The molecule has 3 saturated carbocycles. The van der Waals surface area contributed by atoms with E-state index in [0.29, 0.717) is 17.3 Å². The summed E-state index contributed by atoms with van der Waals surface area (Å²) in [6.45, 7) is 14.9. The minimum Gasteiger partial charge on any atom is -0.466 e. The van der Waals surface area contributed by atoms with Crippen molar-refractivity contribution in [2.75, 3.05) is 0 Å². The second-order valence-electron chi connectivity index (χ2n) is 18.1. The zero-order chi connectivity index (χ0) is 34.1. The number of carbonyl (C=O) groups excluding carboxylic acids is 1. The molecule has 0 saturated heterocycles. The van der Waals surface area contributed by atoms with E-state index in [-0.39, 0.29) is 12.1 Å². The average molecular weight is 663 g/mol. The molecule has 4 aliphatic rings. The Morgan fingerprint density at radius 2 is 1.54 bits per heavy atom. The highest BCUT2D eigenvalue weighted by atomic mass is 16.5. The van der Waals surface area contributed by atoms with Gasteiger partial charge in [0.1, 0.15) is 17.6 Å². The van der Waals surface area contributed by atoms with Gasteiger partial charge in [-0.05, 0) is 123 Å². The molecule has 8 atom stereocenters. The monoisotopic (exact) mass is 663 g/mol. The lowest BCUT2D eigenvalue weighted by Gasteiger charge is -2.58. The lowest BCUT2D eigenvalue weighted by molar-refractivity contribution is -0.151. The van der Waals surface area contributed by atoms with Crippen LogP contribution in [-0.2, 0) is 22.4 Å². The maximum Gasteiger partial charge on any atom is 0.306 e. The number of ether oxygens (including phenoxy) is 1. The van der Waals surface area contributed by atoms with Gasteiger partial charge in [-0.3, -0.25) is 4.79 Å². The third-order valence-electron chi connectivity index (χ3n) is 14.4. The van der Waals surface area contributed by atoms with E-state index in [0.717, 1.165) is 85.6 Å². The molecule has 0 aliphatic heterocycles. The molecule has 5 rings (SSSR count). The number of furan rings is 1. The highest BCUT2D eigenvalue weighted by Gasteiger charge is 2.59. The van der Waals surface area contributed by atoms with E-state index in [1.807, 2.05) is 0 Å². The predicted molar refractivity (Wildman–Crippen MR) is 201 cm³/mol. The second-order valence-corrected chi connectivity index (χ2v) is 18.1. The fourth-order valence-corrected chi connectivity index (χ4v) is 11.5. The molecule has 48 heavy (non-hydrogen) atoms. The number of hydrogen-bond acceptors (Lipinski definition) is 3. The van der Waals surface area contributed by atoms with Crippen molar-refractivity contribution in [3.8, 4) is 0 Å². The molecular weight excluding hydrogens is 588 g/mol. The van der Waals surface area contributed by atoms with E-state index in [1.165, 1.54) is 103 Å². The van der Waals surface area contributed by atoms with E-state index in [1.54, 1.807) is 5.57 Å². The summed E-state index contributed by atoms with van der Waals surface area (Å²) in [5.41, 5.74) is 2.50. The molecule has 0 amide bonds. The van der Waals surface area contributed by atoms with Crippen LogP contribution < -0.4 is 0 Å². The molecule has 4 aliphatic carbocycles. The van der Waals surface area contributed by atoms with Crippen molar-refractivity contribution in [3.05, 3.63) is 35.3 Å². The van der Waals surface area contributed by atoms with Crippen LogP contribution in [0.25, 0.3) is 0 Å². The highest BCUT2D eigenvalue weighted by Crippen LogP contribution is 2.67. The average Bonchev–Trinajstić information content (AvgIpc) is 3.66. The summed E-state index contributed by atoms with van der Waals surface area (Å²) < 4.78 is 12.2. The quantitative estimate of drug-likeness (QED) is 0.0840. The molecule has 272 valence electrons. The Balaban J connectivity index is 0.996. The van der Waals surface area contributed by atoms with E-state index in [9.17, 15) is 4.79 Å². The summed E-state index contributed by atoms with van der Waals surface area (Å²) in [4.78, 5) is 12.9. The molecule has 3 heteroatoms. The molecule has 8 unspecified atom stereocenters. The lowest BCUT2D eigenvalue weighted by Crippen LogP contribution is -2.51. The molecule has 0 N–H and O–H groups in total. The van der Waals surface area contributed by atoms with Gasteiger partial charge in [-0.2, -0.15) is 0 Å². The van der Waals surface area contributed by atoms with Crippen molar-refractivity contribution in [2.24, 2.45) is 46.3 Å². The Bertz CT molecular complexity index is 1160. The van der Waals surface area contributed by atoms with Gasteiger partial charge in [0.05, 0.1) is 0 Å². The zero-order valence-electron chi connectivity index (χ0n) is 32.3. The summed E-state index contributed by atoms with van der Waals surface area (Å²) in [5, 5.41) is 0. The molecule has 1 aromatic rings. The molecular formula is C45H74O3. The van der Waals surface area contributed by atoms with Gasteiger partial charge in [-0.25, -0.2) is 0 Å². The second kappa shape index (κ2) is 17.6. The standard InChI is InChI=1S/C45H74O3/c1-7-8-9-13-19-36-23-24-37(47-36)20-14-11-10-12-15-21-43(46)48-38-28-30-44(5)35(32-38)22-25-39-41-27-26-40(34(4)18-16-17-33(2)3)45(41,6)31-29-42(39)44/h22-24,33-34,38-42H,7-21,25-32H2,1-6H3. The predicted octanol–water partition coefficient (Wildman–Crippen LogP) is 13.2. The minimum atomic E-state index is 0.0351. The topological polar surface area (TPSA) is 39.4 Å². The van der Waals surface area contributed by atoms with Crippen LogP contribution in [0.4, 0.5) is 0 Å². The van der Waals surface area contributed by atoms with Crippen LogP contribution >= 0.6 is 0 Å². The Kier molecular flexibility index (Phi) is 13.9. The normalized spacial score (nSPS) is 32.0. The van der Waals surface area contributed by atoms with Gasteiger partial charge in [-0.15, -0.1) is 0 Å². The number of rotatable bonds is 19. The van der Waals surface area contributed by atoms with E-state index in [2.05, 4.69) is 59.8 Å². The zero-order valence-corrected chi connectivity index (χ0v) is 32.3. The molecule has 3 fully saturated rings. The maximum absolute atomic E-state index is 12.9. The Morgan fingerprint density at radius 1 is 0.833 bits per heavy atom. The van der Waals surface area contributed by atoms with Crippen molar-refractivity contribution in [3.63, 3.8) is 0 Å². The Hall–Kier alpha value is -1.51. The van der Waals surface area contributed by atoms with Crippen LogP contribution in [0.1, 0.15) is 188 Å². The minimum absolute atomic E-state index is 0.0351. The van der Waals surface area contributed by atoms with Crippen molar-refractivity contribution in [2.45, 2.75) is 195 Å². The largest absolute Gasteiger partial charge is 0.466 e. The molecule has 3 nitrogen and oxygen atoms in total. The molecule has 1 aromatic heterocycles. The van der Waals surface area contributed by atoms with Crippen LogP contribution in [0.5, 0.6) is 0 Å². The van der Waals surface area contributed by atoms with E-state index < -0.39 is 0 Å². The number of carbonyl (C=O) groups is 1. The molecule has 1 heterocycles. The van der Waals surface area contributed by atoms with Gasteiger partial charge in [0.15, 0.2) is 0 Å². The Labute approximate surface area is 296 Å². The smallest absolute Gasteiger partial charge is 0.306 e. The van der Waals surface area contributed by atoms with Gasteiger partial charge < -0.3 is 9.15 Å². The van der Waals surface area contributed by atoms with Crippen LogP contribution in [0.3, 0.4) is 0 Å². The number of esters is 1. The summed E-state index contributed by atoms with van der Waals surface area (Å²) in [7, 11) is 0. The summed E-state index contributed by atoms with van der Waals surface area (Å²) in [6, 6.07) is 4.35. The summed E-state index contributed by atoms with van der Waals surface area (Å²) >= 11 is 0. The third-order valence-corrected chi connectivity index (χ3v) is 14.4. The number of aryl methyl sites for hydroxylation is 2. The molecule has 0 radical (unpaired) electrons. The first-order chi connectivity index (χ1) is 23.1. The van der Waals surface area contributed by atoms with Crippen LogP contribution in [0.2, 0.25) is 0 Å². The first-order valence-corrected chi connectivity index (χ1v) is 21.1. The van der Waals surface area contributed by atoms with Crippen LogP contribution in [0.15, 0.2) is 28.2 Å². The third kappa shape index (κ3) is 9.23. The molecule has 0 bridgehead atoms. The van der Waals surface area contributed by atoms with Crippen molar-refractivity contribution < 1.29 is 13.9 Å². The van der Waals surface area contributed by atoms with Crippen molar-refractivity contribution >= 4 is 5.97 Å². The van der Waals surface area contributed by atoms with Gasteiger partial charge in [0.25, 0.3) is 0 Å². The fourth-order valence-electron chi connectivity index (χ4n) is 11.5. The number of fused-ring (bicyclic) bond motifs is 5. The molecule has 0 aromatic carbocycles. The summed E-state index contributed by atoms with van der Waals surface area (Å²) in [6.07, 6.45) is 30.7.